The summed E-state index contributed by atoms with van der Waals surface area (Å²) >= 11 is 0. The van der Waals surface area contributed by atoms with Crippen molar-refractivity contribution in [3.05, 3.63) is 59.4 Å². The van der Waals surface area contributed by atoms with Gasteiger partial charge in [-0.1, -0.05) is 12.1 Å². The Labute approximate surface area is 135 Å². The molecule has 0 bridgehead atoms. The van der Waals surface area contributed by atoms with Crippen molar-refractivity contribution in [3.63, 3.8) is 0 Å². The second kappa shape index (κ2) is 5.80. The first-order chi connectivity index (χ1) is 11.0. The first-order valence-electron chi connectivity index (χ1n) is 7.60. The highest BCUT2D eigenvalue weighted by atomic mass is 16.5. The number of carbonyl (C=O) groups is 1. The van der Waals surface area contributed by atoms with Crippen molar-refractivity contribution >= 4 is 11.5 Å². The van der Waals surface area contributed by atoms with E-state index in [-0.39, 0.29) is 0 Å². The Morgan fingerprint density at radius 3 is 2.70 bits per heavy atom. The molecule has 0 aliphatic carbocycles. The zero-order valence-electron chi connectivity index (χ0n) is 13.5. The predicted octanol–water partition coefficient (Wildman–Crippen LogP) is 4.32. The highest BCUT2D eigenvalue weighted by Gasteiger charge is 2.21. The van der Waals surface area contributed by atoms with Gasteiger partial charge in [-0.25, -0.2) is 4.79 Å². The van der Waals surface area contributed by atoms with E-state index in [1.807, 2.05) is 67.9 Å². The fraction of sp³-hybridized carbons (Fsp3) is 0.211. The molecule has 0 saturated carbocycles. The van der Waals surface area contributed by atoms with Crippen molar-refractivity contribution < 1.29 is 14.6 Å². The number of ether oxygens (including phenoxy) is 1. The molecule has 0 radical (unpaired) electrons. The molecule has 0 amide bonds. The van der Waals surface area contributed by atoms with Crippen molar-refractivity contribution in [1.82, 2.24) is 4.40 Å². The van der Waals surface area contributed by atoms with Crippen LogP contribution in [-0.2, 0) is 0 Å². The van der Waals surface area contributed by atoms with Gasteiger partial charge in [0.2, 0.25) is 0 Å². The van der Waals surface area contributed by atoms with Crippen molar-refractivity contribution in [2.75, 3.05) is 6.61 Å². The number of rotatable bonds is 4. The van der Waals surface area contributed by atoms with Gasteiger partial charge < -0.3 is 14.2 Å². The van der Waals surface area contributed by atoms with Crippen LogP contribution in [0, 0.1) is 13.8 Å². The molecular formula is C19H19NO3. The van der Waals surface area contributed by atoms with Gasteiger partial charge in [-0.05, 0) is 50.1 Å². The largest absolute Gasteiger partial charge is 0.493 e. The smallest absolute Gasteiger partial charge is 0.338 e. The Hall–Kier alpha value is -2.75. The van der Waals surface area contributed by atoms with Crippen LogP contribution in [0.5, 0.6) is 5.75 Å². The van der Waals surface area contributed by atoms with Crippen molar-refractivity contribution in [2.45, 2.75) is 20.8 Å². The molecule has 0 aliphatic rings. The number of carboxylic acids is 1. The van der Waals surface area contributed by atoms with E-state index in [4.69, 9.17) is 4.74 Å². The molecule has 2 heterocycles. The van der Waals surface area contributed by atoms with Crippen molar-refractivity contribution in [3.8, 4) is 16.9 Å². The molecule has 4 heteroatoms. The quantitative estimate of drug-likeness (QED) is 0.781. The van der Waals surface area contributed by atoms with Gasteiger partial charge in [-0.2, -0.15) is 0 Å². The fourth-order valence-electron chi connectivity index (χ4n) is 3.04. The molecule has 0 saturated heterocycles. The van der Waals surface area contributed by atoms with E-state index in [1.54, 1.807) is 0 Å². The minimum Gasteiger partial charge on any atom is -0.493 e. The summed E-state index contributed by atoms with van der Waals surface area (Å²) in [6.07, 6.45) is 3.71. The third kappa shape index (κ3) is 2.57. The third-order valence-electron chi connectivity index (χ3n) is 3.90. The summed E-state index contributed by atoms with van der Waals surface area (Å²) in [6, 6.07) is 9.57. The van der Waals surface area contributed by atoms with E-state index in [2.05, 4.69) is 0 Å². The minimum atomic E-state index is -0.935. The molecule has 2 aromatic heterocycles. The van der Waals surface area contributed by atoms with E-state index < -0.39 is 5.97 Å². The van der Waals surface area contributed by atoms with Gasteiger partial charge >= 0.3 is 5.97 Å². The molecule has 0 atom stereocenters. The SMILES string of the molecule is CCOc1c(C)cc(C)cc1-c1cn2ccccc2c1C(=O)O. The number of aryl methyl sites for hydroxylation is 2. The lowest BCUT2D eigenvalue weighted by Gasteiger charge is -2.14. The molecule has 4 nitrogen and oxygen atoms in total. The maximum atomic E-state index is 11.9. The molecule has 118 valence electrons. The predicted molar refractivity (Wildman–Crippen MR) is 90.4 cm³/mol. The van der Waals surface area contributed by atoms with Crippen molar-refractivity contribution in [2.24, 2.45) is 0 Å². The Balaban J connectivity index is 2.37. The molecule has 3 rings (SSSR count). The number of pyridine rings is 1. The average molecular weight is 309 g/mol. The van der Waals surface area contributed by atoms with Gasteiger partial charge in [-0.15, -0.1) is 0 Å². The van der Waals surface area contributed by atoms with Crippen LogP contribution in [0.3, 0.4) is 0 Å². The van der Waals surface area contributed by atoms with Gasteiger partial charge in [0, 0.05) is 23.5 Å². The van der Waals surface area contributed by atoms with E-state index in [0.29, 0.717) is 23.3 Å². The van der Waals surface area contributed by atoms with E-state index >= 15 is 0 Å². The van der Waals surface area contributed by atoms with Crippen LogP contribution < -0.4 is 4.74 Å². The number of hydrogen-bond acceptors (Lipinski definition) is 2. The third-order valence-corrected chi connectivity index (χ3v) is 3.90. The van der Waals surface area contributed by atoms with Gasteiger partial charge in [-0.3, -0.25) is 0 Å². The Morgan fingerprint density at radius 1 is 1.22 bits per heavy atom. The number of carboxylic acid groups (broad SMARTS) is 1. The summed E-state index contributed by atoms with van der Waals surface area (Å²) in [7, 11) is 0. The summed E-state index contributed by atoms with van der Waals surface area (Å²) in [5.41, 5.74) is 4.57. The first kappa shape index (κ1) is 15.2. The van der Waals surface area contributed by atoms with Crippen LogP contribution in [0.4, 0.5) is 0 Å². The van der Waals surface area contributed by atoms with Crippen LogP contribution in [0.2, 0.25) is 0 Å². The normalized spacial score (nSPS) is 10.9. The number of hydrogen-bond donors (Lipinski definition) is 1. The lowest BCUT2D eigenvalue weighted by atomic mass is 9.97. The number of benzene rings is 1. The van der Waals surface area contributed by atoms with Crippen molar-refractivity contribution in [1.29, 1.82) is 0 Å². The standard InChI is InChI=1S/C19H19NO3/c1-4-23-18-13(3)9-12(2)10-14(18)15-11-20-8-6-5-7-16(20)17(15)19(21)22/h5-11H,4H2,1-3H3,(H,21,22). The zero-order chi connectivity index (χ0) is 16.6. The monoisotopic (exact) mass is 309 g/mol. The lowest BCUT2D eigenvalue weighted by Crippen LogP contribution is -2.01. The average Bonchev–Trinajstić information content (AvgIpc) is 2.89. The second-order valence-electron chi connectivity index (χ2n) is 5.61. The van der Waals surface area contributed by atoms with Gasteiger partial charge in [0.15, 0.2) is 0 Å². The van der Waals surface area contributed by atoms with Gasteiger partial charge in [0.05, 0.1) is 17.7 Å². The molecule has 23 heavy (non-hydrogen) atoms. The van der Waals surface area contributed by atoms with E-state index in [0.717, 1.165) is 22.4 Å². The maximum Gasteiger partial charge on any atom is 0.338 e. The molecule has 0 aliphatic heterocycles. The molecule has 3 aromatic rings. The Morgan fingerprint density at radius 2 is 2.00 bits per heavy atom. The summed E-state index contributed by atoms with van der Waals surface area (Å²) < 4.78 is 7.65. The number of aromatic carboxylic acids is 1. The van der Waals surface area contributed by atoms with Crippen LogP contribution in [-0.4, -0.2) is 22.1 Å². The highest BCUT2D eigenvalue weighted by molar-refractivity contribution is 6.04. The van der Waals surface area contributed by atoms with Crippen LogP contribution in [0.15, 0.2) is 42.7 Å². The molecule has 1 aromatic carbocycles. The maximum absolute atomic E-state index is 11.9. The zero-order valence-corrected chi connectivity index (χ0v) is 13.5. The molecule has 0 fully saturated rings. The van der Waals surface area contributed by atoms with Crippen LogP contribution >= 0.6 is 0 Å². The first-order valence-corrected chi connectivity index (χ1v) is 7.60. The lowest BCUT2D eigenvalue weighted by molar-refractivity contribution is 0.0700. The second-order valence-corrected chi connectivity index (χ2v) is 5.61. The molecule has 1 N–H and O–H groups in total. The fourth-order valence-corrected chi connectivity index (χ4v) is 3.04. The van der Waals surface area contributed by atoms with Crippen LogP contribution in [0.1, 0.15) is 28.4 Å². The van der Waals surface area contributed by atoms with Crippen LogP contribution in [0.25, 0.3) is 16.6 Å². The topological polar surface area (TPSA) is 50.9 Å². The highest BCUT2D eigenvalue weighted by Crippen LogP contribution is 2.38. The summed E-state index contributed by atoms with van der Waals surface area (Å²) in [5, 5.41) is 9.72. The van der Waals surface area contributed by atoms with E-state index in [9.17, 15) is 9.90 Å². The Bertz CT molecular complexity index is 893. The molecular weight excluding hydrogens is 290 g/mol. The summed E-state index contributed by atoms with van der Waals surface area (Å²) in [6.45, 7) is 6.45. The number of fused-ring (bicyclic) bond motifs is 1. The summed E-state index contributed by atoms with van der Waals surface area (Å²) in [5.74, 6) is -0.188. The summed E-state index contributed by atoms with van der Waals surface area (Å²) in [4.78, 5) is 11.9. The molecule has 0 unspecified atom stereocenters. The van der Waals surface area contributed by atoms with E-state index in [1.165, 1.54) is 0 Å². The number of aromatic nitrogens is 1. The van der Waals surface area contributed by atoms with Gasteiger partial charge in [0.1, 0.15) is 5.75 Å². The molecule has 0 spiro atoms. The van der Waals surface area contributed by atoms with Gasteiger partial charge in [0.25, 0.3) is 0 Å². The Kier molecular flexibility index (Phi) is 3.82. The minimum absolute atomic E-state index is 0.302. The number of nitrogens with zero attached hydrogens (tertiary/aromatic N) is 1.